The number of ether oxygens (including phenoxy) is 1. The van der Waals surface area contributed by atoms with E-state index in [1.165, 1.54) is 12.1 Å². The lowest BCUT2D eigenvalue weighted by Gasteiger charge is -2.30. The van der Waals surface area contributed by atoms with Crippen LogP contribution in [0.25, 0.3) is 0 Å². The maximum absolute atomic E-state index is 13.9. The molecule has 4 aromatic rings. The van der Waals surface area contributed by atoms with E-state index in [2.05, 4.69) is 4.98 Å². The second kappa shape index (κ2) is 9.73. The van der Waals surface area contributed by atoms with Crippen LogP contribution in [0.1, 0.15) is 27.5 Å². The van der Waals surface area contributed by atoms with E-state index in [9.17, 15) is 27.6 Å². The third-order valence-electron chi connectivity index (χ3n) is 6.77. The molecule has 3 atom stereocenters. The van der Waals surface area contributed by atoms with Gasteiger partial charge in [0.25, 0.3) is 0 Å². The van der Waals surface area contributed by atoms with E-state index in [4.69, 9.17) is 4.74 Å². The van der Waals surface area contributed by atoms with Crippen LogP contribution in [0.4, 0.5) is 18.9 Å². The topological polar surface area (TPSA) is 79.5 Å². The number of imide groups is 1. The summed E-state index contributed by atoms with van der Waals surface area (Å²) in [4.78, 5) is 43.5. The number of carbonyl (C=O) groups is 2. The average molecular weight is 569 g/mol. The molecule has 39 heavy (non-hydrogen) atoms. The van der Waals surface area contributed by atoms with E-state index >= 15 is 0 Å². The van der Waals surface area contributed by atoms with Crippen molar-refractivity contribution in [1.29, 1.82) is 0 Å². The first-order valence-electron chi connectivity index (χ1n) is 11.9. The molecular formula is C28H19F3N2O4S2. The minimum atomic E-state index is -4.76. The smallest absolute Gasteiger partial charge is 0.418 e. The van der Waals surface area contributed by atoms with Crippen molar-refractivity contribution < 1.29 is 27.5 Å². The van der Waals surface area contributed by atoms with E-state index in [0.29, 0.717) is 26.1 Å². The summed E-state index contributed by atoms with van der Waals surface area (Å²) in [5, 5.41) is -0.593. The number of benzene rings is 3. The number of aromatic nitrogens is 1. The van der Waals surface area contributed by atoms with Crippen molar-refractivity contribution in [3.63, 3.8) is 0 Å². The van der Waals surface area contributed by atoms with Crippen molar-refractivity contribution >= 4 is 40.6 Å². The lowest BCUT2D eigenvalue weighted by Crippen LogP contribution is -2.33. The molecule has 0 bridgehead atoms. The normalized spacial score (nSPS) is 20.6. The summed E-state index contributed by atoms with van der Waals surface area (Å²) in [5.74, 6) is -2.86. The molecule has 2 unspecified atom stereocenters. The molecule has 1 saturated heterocycles. The molecule has 3 aromatic carbocycles. The van der Waals surface area contributed by atoms with Gasteiger partial charge in [0.05, 0.1) is 22.2 Å². The number of nitrogens with zero attached hydrogens (tertiary/aromatic N) is 1. The predicted octanol–water partition coefficient (Wildman–Crippen LogP) is 5.83. The van der Waals surface area contributed by atoms with Crippen LogP contribution in [-0.4, -0.2) is 22.0 Å². The maximum atomic E-state index is 13.9. The molecule has 2 amide bonds. The number of carbonyl (C=O) groups excluding carboxylic acids is 2. The molecule has 6 rings (SSSR count). The minimum absolute atomic E-state index is 0.238. The highest BCUT2D eigenvalue weighted by Crippen LogP contribution is 2.55. The Morgan fingerprint density at radius 1 is 0.872 bits per heavy atom. The largest absolute Gasteiger partial charge is 0.489 e. The number of anilines is 1. The van der Waals surface area contributed by atoms with Gasteiger partial charge in [-0.2, -0.15) is 13.2 Å². The van der Waals surface area contributed by atoms with Gasteiger partial charge in [0.15, 0.2) is 0 Å². The number of amides is 2. The molecule has 0 spiro atoms. The van der Waals surface area contributed by atoms with Gasteiger partial charge < -0.3 is 9.72 Å². The van der Waals surface area contributed by atoms with E-state index < -0.39 is 46.3 Å². The number of hydrogen-bond donors (Lipinski definition) is 1. The Morgan fingerprint density at radius 2 is 1.56 bits per heavy atom. The second-order valence-electron chi connectivity index (χ2n) is 9.09. The third kappa shape index (κ3) is 4.45. The third-order valence-corrected chi connectivity index (χ3v) is 9.17. The van der Waals surface area contributed by atoms with Crippen LogP contribution in [0.15, 0.2) is 88.7 Å². The number of aromatic amines is 1. The molecule has 1 aromatic heterocycles. The summed E-state index contributed by atoms with van der Waals surface area (Å²) in [6.07, 6.45) is -4.76. The Kier molecular flexibility index (Phi) is 6.35. The van der Waals surface area contributed by atoms with Crippen molar-refractivity contribution in [1.82, 2.24) is 4.98 Å². The molecule has 0 radical (unpaired) electrons. The van der Waals surface area contributed by atoms with Crippen molar-refractivity contribution in [2.45, 2.75) is 29.0 Å². The Labute approximate surface area is 228 Å². The number of halogens is 3. The van der Waals surface area contributed by atoms with Gasteiger partial charge in [-0.25, -0.2) is 4.90 Å². The second-order valence-corrected chi connectivity index (χ2v) is 11.3. The Morgan fingerprint density at radius 3 is 2.33 bits per heavy atom. The van der Waals surface area contributed by atoms with Crippen molar-refractivity contribution in [3.8, 4) is 5.75 Å². The number of hydrogen-bond acceptors (Lipinski definition) is 6. The van der Waals surface area contributed by atoms with Crippen molar-refractivity contribution in [2.24, 2.45) is 5.92 Å². The molecule has 6 nitrogen and oxygen atoms in total. The van der Waals surface area contributed by atoms with Gasteiger partial charge in [0, 0.05) is 16.4 Å². The highest BCUT2D eigenvalue weighted by atomic mass is 32.2. The first kappa shape index (κ1) is 25.4. The lowest BCUT2D eigenvalue weighted by molar-refractivity contribution is -0.137. The molecule has 1 fully saturated rings. The first-order chi connectivity index (χ1) is 18.7. The van der Waals surface area contributed by atoms with Crippen LogP contribution in [0.2, 0.25) is 0 Å². The monoisotopic (exact) mass is 568 g/mol. The molecule has 3 heterocycles. The summed E-state index contributed by atoms with van der Waals surface area (Å²) in [6, 6.07) is 21.0. The van der Waals surface area contributed by atoms with Gasteiger partial charge in [-0.05, 0) is 23.8 Å². The van der Waals surface area contributed by atoms with E-state index in [1.807, 2.05) is 30.3 Å². The fourth-order valence-electron chi connectivity index (χ4n) is 5.10. The van der Waals surface area contributed by atoms with Crippen LogP contribution in [0, 0.1) is 5.92 Å². The fourth-order valence-corrected chi connectivity index (χ4v) is 7.61. The fraction of sp³-hybridized carbons (Fsp3) is 0.179. The number of thiazole rings is 1. The van der Waals surface area contributed by atoms with Gasteiger partial charge >= 0.3 is 11.0 Å². The van der Waals surface area contributed by atoms with Crippen LogP contribution in [-0.2, 0) is 22.4 Å². The Hall–Kier alpha value is -3.83. The Bertz CT molecular complexity index is 1630. The molecular weight excluding hydrogens is 549 g/mol. The zero-order valence-electron chi connectivity index (χ0n) is 20.0. The van der Waals surface area contributed by atoms with Crippen molar-refractivity contribution in [3.05, 3.63) is 110 Å². The molecule has 0 saturated carbocycles. The van der Waals surface area contributed by atoms with Gasteiger partial charge in [0.1, 0.15) is 17.6 Å². The minimum Gasteiger partial charge on any atom is -0.489 e. The SMILES string of the molecule is O=C1C2Sc3[nH]c(=O)sc3[C@H](c3ccccc3OCc3ccccc3)C2C(=O)N1c1ccccc1C(F)(F)F. The summed E-state index contributed by atoms with van der Waals surface area (Å²) in [6.45, 7) is 0.238. The van der Waals surface area contributed by atoms with E-state index in [-0.39, 0.29) is 11.5 Å². The quantitative estimate of drug-likeness (QED) is 0.307. The zero-order chi connectivity index (χ0) is 27.3. The zero-order valence-corrected chi connectivity index (χ0v) is 21.6. The summed E-state index contributed by atoms with van der Waals surface area (Å²) in [5.41, 5.74) is -0.0772. The molecule has 2 aliphatic heterocycles. The number of H-pyrrole nitrogens is 1. The highest BCUT2D eigenvalue weighted by molar-refractivity contribution is 8.00. The van der Waals surface area contributed by atoms with Crippen LogP contribution in [0.5, 0.6) is 5.75 Å². The summed E-state index contributed by atoms with van der Waals surface area (Å²) in [7, 11) is 0. The standard InChI is InChI=1S/C28H19F3N2O4S2/c29-28(30,31)17-11-5-6-12-18(17)33-25(34)21-20(22-24(32-27(36)39-22)38-23(21)26(33)35)16-10-4-7-13-19(16)37-14-15-8-2-1-3-9-15/h1-13,20-21,23H,14H2,(H,32,36)/t20-,21?,23?/m1/s1. The number of para-hydroxylation sites is 2. The Balaban J connectivity index is 1.45. The predicted molar refractivity (Wildman–Crippen MR) is 141 cm³/mol. The molecule has 11 heteroatoms. The maximum Gasteiger partial charge on any atom is 0.418 e. The first-order valence-corrected chi connectivity index (χ1v) is 13.6. The number of alkyl halides is 3. The van der Waals surface area contributed by atoms with Gasteiger partial charge in [-0.3, -0.25) is 14.4 Å². The van der Waals surface area contributed by atoms with Gasteiger partial charge in [0.2, 0.25) is 11.8 Å². The van der Waals surface area contributed by atoms with Crippen molar-refractivity contribution in [2.75, 3.05) is 4.90 Å². The molecule has 198 valence electrons. The molecule has 1 N–H and O–H groups in total. The van der Waals surface area contributed by atoms with Gasteiger partial charge in [-0.15, -0.1) is 0 Å². The number of fused-ring (bicyclic) bond motifs is 2. The van der Waals surface area contributed by atoms with Crippen LogP contribution in [0.3, 0.4) is 0 Å². The van der Waals surface area contributed by atoms with Gasteiger partial charge in [-0.1, -0.05) is 83.8 Å². The average Bonchev–Trinajstić information content (AvgIpc) is 3.42. The number of rotatable bonds is 5. The molecule has 0 aliphatic carbocycles. The number of nitrogens with one attached hydrogen (secondary N) is 1. The lowest BCUT2D eigenvalue weighted by atomic mass is 9.82. The molecule has 2 aliphatic rings. The number of thioether (sulfide) groups is 1. The van der Waals surface area contributed by atoms with Crippen LogP contribution >= 0.6 is 23.1 Å². The summed E-state index contributed by atoms with van der Waals surface area (Å²) < 4.78 is 47.7. The van der Waals surface area contributed by atoms with Crippen LogP contribution < -0.4 is 14.5 Å². The summed E-state index contributed by atoms with van der Waals surface area (Å²) >= 11 is 1.93. The van der Waals surface area contributed by atoms with E-state index in [1.54, 1.807) is 24.3 Å². The highest BCUT2D eigenvalue weighted by Gasteiger charge is 2.57. The van der Waals surface area contributed by atoms with E-state index in [0.717, 1.165) is 40.8 Å².